The first-order valence-electron chi connectivity index (χ1n) is 4.86. The molecule has 0 aliphatic carbocycles. The summed E-state index contributed by atoms with van der Waals surface area (Å²) in [4.78, 5) is 14.3. The van der Waals surface area contributed by atoms with Crippen LogP contribution in [-0.2, 0) is 17.1 Å². The number of rotatable bonds is 5. The van der Waals surface area contributed by atoms with E-state index in [4.69, 9.17) is 21.4 Å². The quantitative estimate of drug-likeness (QED) is 0.845. The predicted molar refractivity (Wildman–Crippen MR) is 58.4 cm³/mol. The molecule has 0 amide bonds. The second kappa shape index (κ2) is 5.96. The first-order valence-corrected chi connectivity index (χ1v) is 5.40. The van der Waals surface area contributed by atoms with Gasteiger partial charge in [-0.2, -0.15) is 0 Å². The Morgan fingerprint density at radius 2 is 2.11 bits per heavy atom. The van der Waals surface area contributed by atoms with Crippen LogP contribution in [0, 0.1) is 0 Å². The largest absolute Gasteiger partial charge is 0.573 e. The van der Waals surface area contributed by atoms with Gasteiger partial charge in [-0.1, -0.05) is 0 Å². The van der Waals surface area contributed by atoms with Gasteiger partial charge >= 0.3 is 12.3 Å². The van der Waals surface area contributed by atoms with Crippen LogP contribution in [0.2, 0.25) is 0 Å². The Labute approximate surface area is 110 Å². The van der Waals surface area contributed by atoms with Gasteiger partial charge in [-0.25, -0.2) is 0 Å². The van der Waals surface area contributed by atoms with Crippen molar-refractivity contribution in [3.63, 3.8) is 0 Å². The van der Waals surface area contributed by atoms with Gasteiger partial charge in [-0.05, 0) is 0 Å². The number of aliphatic carboxylic acids is 1. The van der Waals surface area contributed by atoms with Crippen LogP contribution in [0.1, 0.15) is 11.3 Å². The number of aromatic nitrogens is 1. The molecule has 1 N–H and O–H groups in total. The van der Waals surface area contributed by atoms with E-state index in [2.05, 4.69) is 9.72 Å². The summed E-state index contributed by atoms with van der Waals surface area (Å²) in [5.41, 5.74) is -0.229. The monoisotopic (exact) mass is 299 g/mol. The zero-order valence-corrected chi connectivity index (χ0v) is 10.4. The maximum atomic E-state index is 12.3. The Morgan fingerprint density at radius 1 is 1.47 bits per heavy atom. The molecule has 0 fully saturated rings. The number of hydrogen-bond donors (Lipinski definition) is 1. The van der Waals surface area contributed by atoms with E-state index in [-0.39, 0.29) is 22.9 Å². The Bertz CT molecular complexity index is 479. The molecule has 0 atom stereocenters. The number of alkyl halides is 4. The average molecular weight is 300 g/mol. The van der Waals surface area contributed by atoms with Gasteiger partial charge in [0.15, 0.2) is 11.5 Å². The van der Waals surface area contributed by atoms with Gasteiger partial charge in [-0.3, -0.25) is 9.78 Å². The van der Waals surface area contributed by atoms with Gasteiger partial charge in [0, 0.05) is 11.8 Å². The minimum atomic E-state index is -4.96. The van der Waals surface area contributed by atoms with Crippen molar-refractivity contribution in [1.29, 1.82) is 0 Å². The third-order valence-corrected chi connectivity index (χ3v) is 2.28. The molecule has 0 saturated heterocycles. The van der Waals surface area contributed by atoms with Crippen molar-refractivity contribution in [3.8, 4) is 11.5 Å². The van der Waals surface area contributed by atoms with Gasteiger partial charge in [0.1, 0.15) is 5.69 Å². The molecule has 0 saturated carbocycles. The molecule has 5 nitrogen and oxygen atoms in total. The lowest BCUT2D eigenvalue weighted by molar-refractivity contribution is -0.275. The molecule has 0 aromatic carbocycles. The standard InChI is InChI=1S/C10H9ClF3NO4/c1-18-8-5(2-7(16)17)4-15-6(3-11)9(8)19-10(12,13)14/h4H,2-3H2,1H3,(H,16,17). The van der Waals surface area contributed by atoms with E-state index in [1.165, 1.54) is 0 Å². The summed E-state index contributed by atoms with van der Waals surface area (Å²) in [6, 6.07) is 0. The fourth-order valence-corrected chi connectivity index (χ4v) is 1.57. The predicted octanol–water partition coefficient (Wildman–Crippen LogP) is 2.35. The molecule has 0 radical (unpaired) electrons. The molecule has 19 heavy (non-hydrogen) atoms. The molecule has 1 rings (SSSR count). The molecule has 0 bridgehead atoms. The summed E-state index contributed by atoms with van der Waals surface area (Å²) in [6.45, 7) is 0. The van der Waals surface area contributed by atoms with Crippen molar-refractivity contribution < 1.29 is 32.5 Å². The molecule has 1 heterocycles. The zero-order chi connectivity index (χ0) is 14.6. The maximum Gasteiger partial charge on any atom is 0.573 e. The van der Waals surface area contributed by atoms with Gasteiger partial charge in [0.2, 0.25) is 0 Å². The molecular weight excluding hydrogens is 291 g/mol. The normalized spacial score (nSPS) is 11.2. The number of pyridine rings is 1. The third-order valence-electron chi connectivity index (χ3n) is 2.03. The second-order valence-electron chi connectivity index (χ2n) is 3.34. The van der Waals surface area contributed by atoms with Crippen molar-refractivity contribution in [2.24, 2.45) is 0 Å². The van der Waals surface area contributed by atoms with Crippen LogP contribution in [0.4, 0.5) is 13.2 Å². The maximum absolute atomic E-state index is 12.3. The molecule has 106 valence electrons. The average Bonchev–Trinajstić information content (AvgIpc) is 2.27. The number of carbonyl (C=O) groups is 1. The highest BCUT2D eigenvalue weighted by molar-refractivity contribution is 6.17. The van der Waals surface area contributed by atoms with Gasteiger partial charge < -0.3 is 14.6 Å². The number of nitrogens with zero attached hydrogens (tertiary/aromatic N) is 1. The van der Waals surface area contributed by atoms with E-state index in [1.54, 1.807) is 0 Å². The van der Waals surface area contributed by atoms with E-state index in [0.717, 1.165) is 13.3 Å². The zero-order valence-electron chi connectivity index (χ0n) is 9.62. The Hall–Kier alpha value is -1.70. The van der Waals surface area contributed by atoms with Crippen molar-refractivity contribution in [1.82, 2.24) is 4.98 Å². The van der Waals surface area contributed by atoms with Gasteiger partial charge in [0.05, 0.1) is 19.4 Å². The smallest absolute Gasteiger partial charge is 0.492 e. The lowest BCUT2D eigenvalue weighted by atomic mass is 10.1. The van der Waals surface area contributed by atoms with Crippen LogP contribution < -0.4 is 9.47 Å². The summed E-state index contributed by atoms with van der Waals surface area (Å²) in [6.07, 6.45) is -4.42. The summed E-state index contributed by atoms with van der Waals surface area (Å²) < 4.78 is 45.5. The SMILES string of the molecule is COc1c(CC(=O)O)cnc(CCl)c1OC(F)(F)F. The van der Waals surface area contributed by atoms with Crippen molar-refractivity contribution in [2.75, 3.05) is 7.11 Å². The summed E-state index contributed by atoms with van der Waals surface area (Å²) >= 11 is 5.47. The van der Waals surface area contributed by atoms with E-state index in [9.17, 15) is 18.0 Å². The number of carboxylic acid groups (broad SMARTS) is 1. The number of hydrogen-bond acceptors (Lipinski definition) is 4. The first-order chi connectivity index (χ1) is 8.78. The fourth-order valence-electron chi connectivity index (χ4n) is 1.38. The topological polar surface area (TPSA) is 68.7 Å². The highest BCUT2D eigenvalue weighted by atomic mass is 35.5. The Kier molecular flexibility index (Phi) is 4.82. The van der Waals surface area contributed by atoms with Gasteiger partial charge in [0.25, 0.3) is 0 Å². The second-order valence-corrected chi connectivity index (χ2v) is 3.61. The number of ether oxygens (including phenoxy) is 2. The molecule has 9 heteroatoms. The molecule has 1 aromatic rings. The summed E-state index contributed by atoms with van der Waals surface area (Å²) in [7, 11) is 1.10. The molecular formula is C10H9ClF3NO4. The Balaban J connectivity index is 3.32. The minimum absolute atomic E-state index is 0.0388. The lowest BCUT2D eigenvalue weighted by Crippen LogP contribution is -2.19. The van der Waals surface area contributed by atoms with Crippen molar-refractivity contribution >= 4 is 17.6 Å². The van der Waals surface area contributed by atoms with Crippen LogP contribution in [0.5, 0.6) is 11.5 Å². The van der Waals surface area contributed by atoms with E-state index >= 15 is 0 Å². The van der Waals surface area contributed by atoms with Crippen LogP contribution in [0.3, 0.4) is 0 Å². The molecule has 1 aromatic heterocycles. The fraction of sp³-hybridized carbons (Fsp3) is 0.400. The highest BCUT2D eigenvalue weighted by Gasteiger charge is 2.35. The van der Waals surface area contributed by atoms with Crippen LogP contribution >= 0.6 is 11.6 Å². The first kappa shape index (κ1) is 15.4. The van der Waals surface area contributed by atoms with Crippen LogP contribution in [0.15, 0.2) is 6.20 Å². The van der Waals surface area contributed by atoms with E-state index in [1.807, 2.05) is 0 Å². The Morgan fingerprint density at radius 3 is 2.53 bits per heavy atom. The highest BCUT2D eigenvalue weighted by Crippen LogP contribution is 2.38. The summed E-state index contributed by atoms with van der Waals surface area (Å²) in [5.74, 6) is -2.64. The van der Waals surface area contributed by atoms with E-state index < -0.39 is 24.5 Å². The molecule has 0 aliphatic rings. The van der Waals surface area contributed by atoms with Crippen LogP contribution in [0.25, 0.3) is 0 Å². The van der Waals surface area contributed by atoms with Gasteiger partial charge in [-0.15, -0.1) is 24.8 Å². The number of carboxylic acids is 1. The van der Waals surface area contributed by atoms with E-state index in [0.29, 0.717) is 0 Å². The lowest BCUT2D eigenvalue weighted by Gasteiger charge is -2.17. The number of halogens is 4. The molecule has 0 unspecified atom stereocenters. The third kappa shape index (κ3) is 4.16. The minimum Gasteiger partial charge on any atom is -0.492 e. The summed E-state index contributed by atoms with van der Waals surface area (Å²) in [5, 5.41) is 8.66. The van der Waals surface area contributed by atoms with Crippen molar-refractivity contribution in [3.05, 3.63) is 17.5 Å². The molecule has 0 spiro atoms. The number of methoxy groups -OCH3 is 1. The van der Waals surface area contributed by atoms with Crippen molar-refractivity contribution in [2.45, 2.75) is 18.7 Å². The molecule has 0 aliphatic heterocycles. The van der Waals surface area contributed by atoms with Crippen LogP contribution in [-0.4, -0.2) is 29.5 Å².